The number of likely N-dealkylation sites (tertiary alicyclic amines) is 1. The lowest BCUT2D eigenvalue weighted by molar-refractivity contribution is 0.0698. The molecule has 1 aromatic heterocycles. The molecule has 4 rings (SSSR count). The number of amides is 2. The van der Waals surface area contributed by atoms with E-state index in [1.54, 1.807) is 24.5 Å². The van der Waals surface area contributed by atoms with Crippen LogP contribution in [-0.2, 0) is 12.8 Å². The second kappa shape index (κ2) is 7.28. The smallest absolute Gasteiger partial charge is 0.253 e. The van der Waals surface area contributed by atoms with Crippen LogP contribution in [0.4, 0.5) is 0 Å². The number of rotatable bonds is 3. The molecule has 2 amide bonds. The molecule has 0 bridgehead atoms. The molecule has 1 N–H and O–H groups in total. The monoisotopic (exact) mass is 349 g/mol. The number of carbonyl (C=O) groups is 2. The summed E-state index contributed by atoms with van der Waals surface area (Å²) in [5.41, 5.74) is 4.03. The van der Waals surface area contributed by atoms with Gasteiger partial charge in [0, 0.05) is 42.7 Å². The van der Waals surface area contributed by atoms with Crippen LogP contribution in [0.5, 0.6) is 0 Å². The molecule has 1 aliphatic heterocycles. The third-order valence-corrected chi connectivity index (χ3v) is 5.44. The number of piperidine rings is 1. The molecule has 134 valence electrons. The normalized spacial score (nSPS) is 17.0. The predicted octanol–water partition coefficient (Wildman–Crippen LogP) is 2.60. The highest BCUT2D eigenvalue weighted by molar-refractivity contribution is 5.96. The van der Waals surface area contributed by atoms with E-state index in [1.165, 1.54) is 11.1 Å². The molecule has 5 nitrogen and oxygen atoms in total. The van der Waals surface area contributed by atoms with Crippen LogP contribution in [0.15, 0.2) is 42.7 Å². The van der Waals surface area contributed by atoms with Crippen LogP contribution in [0.2, 0.25) is 0 Å². The van der Waals surface area contributed by atoms with Gasteiger partial charge in [-0.15, -0.1) is 0 Å². The molecule has 0 radical (unpaired) electrons. The van der Waals surface area contributed by atoms with Gasteiger partial charge in [-0.3, -0.25) is 14.6 Å². The van der Waals surface area contributed by atoms with Gasteiger partial charge in [-0.05, 0) is 61.4 Å². The van der Waals surface area contributed by atoms with E-state index in [9.17, 15) is 9.59 Å². The molecular formula is C21H23N3O2. The second-order valence-corrected chi connectivity index (χ2v) is 7.07. The van der Waals surface area contributed by atoms with Crippen molar-refractivity contribution in [3.05, 3.63) is 65.0 Å². The maximum Gasteiger partial charge on any atom is 0.253 e. The molecule has 0 saturated carbocycles. The Labute approximate surface area is 153 Å². The zero-order chi connectivity index (χ0) is 17.9. The first-order valence-corrected chi connectivity index (χ1v) is 9.33. The van der Waals surface area contributed by atoms with E-state index < -0.39 is 0 Å². The number of benzene rings is 1. The van der Waals surface area contributed by atoms with Crippen molar-refractivity contribution in [1.29, 1.82) is 0 Å². The average molecular weight is 349 g/mol. The molecule has 2 heterocycles. The number of nitrogens with zero attached hydrogens (tertiary/aromatic N) is 2. The van der Waals surface area contributed by atoms with Gasteiger partial charge in [0.2, 0.25) is 0 Å². The molecule has 26 heavy (non-hydrogen) atoms. The lowest BCUT2D eigenvalue weighted by atomic mass is 10.0. The number of carbonyl (C=O) groups excluding carboxylic acids is 2. The zero-order valence-electron chi connectivity index (χ0n) is 14.8. The van der Waals surface area contributed by atoms with E-state index in [0.29, 0.717) is 18.7 Å². The number of nitrogens with one attached hydrogen (secondary N) is 1. The molecule has 2 aliphatic rings. The van der Waals surface area contributed by atoms with Crippen LogP contribution in [0, 0.1) is 0 Å². The summed E-state index contributed by atoms with van der Waals surface area (Å²) in [6.45, 7) is 1.33. The zero-order valence-corrected chi connectivity index (χ0v) is 14.8. The standard InChI is InChI=1S/C21H23N3O2/c25-20(19-6-2-4-15-3-1-5-18(15)19)23-17-9-13-24(14-10-17)21(26)16-7-11-22-12-8-16/h2,4,6-8,11-12,17H,1,3,5,9-10,13-14H2,(H,23,25). The van der Waals surface area contributed by atoms with Crippen molar-refractivity contribution >= 4 is 11.8 Å². The molecule has 0 atom stereocenters. The van der Waals surface area contributed by atoms with Crippen LogP contribution < -0.4 is 5.32 Å². The van der Waals surface area contributed by atoms with Crippen molar-refractivity contribution in [2.45, 2.75) is 38.1 Å². The van der Waals surface area contributed by atoms with Crippen LogP contribution in [0.25, 0.3) is 0 Å². The first-order valence-electron chi connectivity index (χ1n) is 9.33. The molecule has 5 heteroatoms. The summed E-state index contributed by atoms with van der Waals surface area (Å²) < 4.78 is 0. The minimum Gasteiger partial charge on any atom is -0.349 e. The highest BCUT2D eigenvalue weighted by Gasteiger charge is 2.26. The lowest BCUT2D eigenvalue weighted by Gasteiger charge is -2.32. The highest BCUT2D eigenvalue weighted by Crippen LogP contribution is 2.25. The third-order valence-electron chi connectivity index (χ3n) is 5.44. The fourth-order valence-electron chi connectivity index (χ4n) is 4.00. The Bertz CT molecular complexity index is 811. The van der Waals surface area contributed by atoms with Gasteiger partial charge >= 0.3 is 0 Å². The van der Waals surface area contributed by atoms with Gasteiger partial charge in [0.15, 0.2) is 0 Å². The fourth-order valence-corrected chi connectivity index (χ4v) is 4.00. The summed E-state index contributed by atoms with van der Waals surface area (Å²) >= 11 is 0. The Morgan fingerprint density at radius 2 is 1.81 bits per heavy atom. The quantitative estimate of drug-likeness (QED) is 0.926. The highest BCUT2D eigenvalue weighted by atomic mass is 16.2. The van der Waals surface area contributed by atoms with Gasteiger partial charge in [-0.25, -0.2) is 0 Å². The van der Waals surface area contributed by atoms with E-state index in [1.807, 2.05) is 17.0 Å². The van der Waals surface area contributed by atoms with Gasteiger partial charge in [-0.2, -0.15) is 0 Å². The van der Waals surface area contributed by atoms with Crippen LogP contribution >= 0.6 is 0 Å². The third kappa shape index (κ3) is 3.34. The van der Waals surface area contributed by atoms with E-state index in [2.05, 4.69) is 16.4 Å². The Morgan fingerprint density at radius 1 is 1.04 bits per heavy atom. The van der Waals surface area contributed by atoms with Crippen molar-refractivity contribution in [2.75, 3.05) is 13.1 Å². The Morgan fingerprint density at radius 3 is 2.58 bits per heavy atom. The Hall–Kier alpha value is -2.69. The van der Waals surface area contributed by atoms with Gasteiger partial charge in [0.1, 0.15) is 0 Å². The number of hydrogen-bond donors (Lipinski definition) is 1. The number of fused-ring (bicyclic) bond motifs is 1. The van der Waals surface area contributed by atoms with E-state index in [4.69, 9.17) is 0 Å². The minimum absolute atomic E-state index is 0.0302. The number of aryl methyl sites for hydroxylation is 1. The number of aromatic nitrogens is 1. The summed E-state index contributed by atoms with van der Waals surface area (Å²) in [5.74, 6) is 0.0701. The first-order chi connectivity index (χ1) is 12.7. The van der Waals surface area contributed by atoms with Crippen molar-refractivity contribution < 1.29 is 9.59 Å². The average Bonchev–Trinajstić information content (AvgIpc) is 3.17. The number of hydrogen-bond acceptors (Lipinski definition) is 3. The van der Waals surface area contributed by atoms with Crippen molar-refractivity contribution in [3.8, 4) is 0 Å². The molecule has 0 unspecified atom stereocenters. The SMILES string of the molecule is O=C(NC1CCN(C(=O)c2ccncc2)CC1)c1cccc2c1CCC2. The predicted molar refractivity (Wildman–Crippen MR) is 99.1 cm³/mol. The maximum atomic E-state index is 12.7. The van der Waals surface area contributed by atoms with E-state index in [0.717, 1.165) is 37.7 Å². The second-order valence-electron chi connectivity index (χ2n) is 7.07. The molecule has 1 aromatic carbocycles. The van der Waals surface area contributed by atoms with Gasteiger partial charge in [-0.1, -0.05) is 12.1 Å². The summed E-state index contributed by atoms with van der Waals surface area (Å²) in [7, 11) is 0. The van der Waals surface area contributed by atoms with Gasteiger partial charge in [0.05, 0.1) is 0 Å². The minimum atomic E-state index is 0.0302. The van der Waals surface area contributed by atoms with E-state index >= 15 is 0 Å². The first kappa shape index (κ1) is 16.8. The fraction of sp³-hybridized carbons (Fsp3) is 0.381. The van der Waals surface area contributed by atoms with Crippen LogP contribution in [0.3, 0.4) is 0 Å². The van der Waals surface area contributed by atoms with Crippen LogP contribution in [0.1, 0.15) is 51.1 Å². The molecule has 1 saturated heterocycles. The molecule has 1 aliphatic carbocycles. The summed E-state index contributed by atoms with van der Waals surface area (Å²) in [5, 5.41) is 3.18. The number of pyridine rings is 1. The Balaban J connectivity index is 1.35. The van der Waals surface area contributed by atoms with Crippen molar-refractivity contribution in [3.63, 3.8) is 0 Å². The molecule has 2 aromatic rings. The van der Waals surface area contributed by atoms with Crippen molar-refractivity contribution in [1.82, 2.24) is 15.2 Å². The molecular weight excluding hydrogens is 326 g/mol. The largest absolute Gasteiger partial charge is 0.349 e. The van der Waals surface area contributed by atoms with Gasteiger partial charge in [0.25, 0.3) is 11.8 Å². The molecule has 0 spiro atoms. The van der Waals surface area contributed by atoms with Gasteiger partial charge < -0.3 is 10.2 Å². The maximum absolute atomic E-state index is 12.7. The van der Waals surface area contributed by atoms with Crippen LogP contribution in [-0.4, -0.2) is 40.8 Å². The topological polar surface area (TPSA) is 62.3 Å². The van der Waals surface area contributed by atoms with E-state index in [-0.39, 0.29) is 17.9 Å². The van der Waals surface area contributed by atoms with Crippen molar-refractivity contribution in [2.24, 2.45) is 0 Å². The lowest BCUT2D eigenvalue weighted by Crippen LogP contribution is -2.46. The Kier molecular flexibility index (Phi) is 4.69. The summed E-state index contributed by atoms with van der Waals surface area (Å²) in [4.78, 5) is 31.0. The summed E-state index contributed by atoms with van der Waals surface area (Å²) in [6.07, 6.45) is 8.06. The molecule has 1 fully saturated rings. The summed E-state index contributed by atoms with van der Waals surface area (Å²) in [6, 6.07) is 9.65.